The number of H-pyrrole nitrogens is 2. The van der Waals surface area contributed by atoms with Crippen molar-refractivity contribution in [1.29, 1.82) is 0 Å². The minimum atomic E-state index is -2.53. The predicted octanol–water partition coefficient (Wildman–Crippen LogP) is 9.09. The molecule has 0 fully saturated rings. The number of aromatic nitrogens is 8. The molecule has 8 bridgehead atoms. The number of nitrogens with zero attached hydrogens (tertiary/aromatic N) is 6. The molecule has 3 aromatic heterocycles. The first-order valence-electron chi connectivity index (χ1n) is 14.7. The molecule has 0 radical (unpaired) electrons. The van der Waals surface area contributed by atoms with E-state index in [1.54, 1.807) is 0 Å². The maximum atomic E-state index is 15.4. The van der Waals surface area contributed by atoms with Crippen LogP contribution in [0, 0.1) is 93.1 Å². The third-order valence-electron chi connectivity index (χ3n) is 8.68. The van der Waals surface area contributed by atoms with Crippen LogP contribution in [0.1, 0.15) is 0 Å². The largest absolute Gasteiger partial charge is 0.324 e. The van der Waals surface area contributed by atoms with Gasteiger partial charge < -0.3 is 9.97 Å². The first kappa shape index (κ1) is 37.7. The first-order chi connectivity index (χ1) is 26.4. The van der Waals surface area contributed by atoms with Gasteiger partial charge in [0.15, 0.2) is 116 Å². The molecule has 0 saturated heterocycles. The van der Waals surface area contributed by atoms with Crippen LogP contribution in [-0.4, -0.2) is 39.9 Å². The van der Waals surface area contributed by atoms with E-state index in [1.807, 2.05) is 9.97 Å². The Labute approximate surface area is 314 Å². The number of hydrogen-bond acceptors (Lipinski definition) is 6. The van der Waals surface area contributed by atoms with Crippen molar-refractivity contribution in [1.82, 2.24) is 39.9 Å². The van der Waals surface area contributed by atoms with Crippen molar-refractivity contribution in [3.8, 4) is 45.6 Å². The van der Waals surface area contributed by atoms with Gasteiger partial charge in [-0.2, -0.15) is 0 Å². The molecule has 0 unspecified atom stereocenters. The van der Waals surface area contributed by atoms with Crippen LogP contribution in [0.3, 0.4) is 0 Å². The Kier molecular flexibility index (Phi) is 8.22. The van der Waals surface area contributed by atoms with Gasteiger partial charge in [-0.25, -0.2) is 100 Å². The normalized spacial score (nSPS) is 12.1. The second kappa shape index (κ2) is 12.4. The van der Waals surface area contributed by atoms with Crippen LogP contribution < -0.4 is 0 Å². The van der Waals surface area contributed by atoms with Crippen LogP contribution >= 0.6 is 0 Å². The predicted molar refractivity (Wildman–Crippen MR) is 155 cm³/mol. The van der Waals surface area contributed by atoms with Crippen molar-refractivity contribution in [2.75, 3.05) is 0 Å². The second-order valence-electron chi connectivity index (χ2n) is 11.6. The zero-order valence-electron chi connectivity index (χ0n) is 26.2. The third-order valence-corrected chi connectivity index (χ3v) is 8.68. The van der Waals surface area contributed by atoms with Gasteiger partial charge in [0.1, 0.15) is 22.6 Å². The number of halogens is 16. The summed E-state index contributed by atoms with van der Waals surface area (Å²) in [4.78, 5) is 25.5. The zero-order chi connectivity index (χ0) is 40.1. The van der Waals surface area contributed by atoms with Crippen LogP contribution in [0.5, 0.6) is 0 Å². The van der Waals surface area contributed by atoms with Crippen LogP contribution in [0.4, 0.5) is 70.2 Å². The first-order valence-corrected chi connectivity index (χ1v) is 14.7. The molecule has 2 aliphatic heterocycles. The van der Waals surface area contributed by atoms with Crippen molar-refractivity contribution in [3.63, 3.8) is 0 Å². The van der Waals surface area contributed by atoms with Gasteiger partial charge in [0, 0.05) is 21.7 Å². The molecule has 0 aliphatic carbocycles. The topological polar surface area (TPSA) is 109 Å². The summed E-state index contributed by atoms with van der Waals surface area (Å²) >= 11 is 0. The number of benzene rings is 4. The smallest absolute Gasteiger partial charge is 0.198 e. The minimum Gasteiger partial charge on any atom is -0.324 e. The fourth-order valence-electron chi connectivity index (χ4n) is 6.24. The van der Waals surface area contributed by atoms with Gasteiger partial charge >= 0.3 is 0 Å². The molecule has 57 heavy (non-hydrogen) atoms. The van der Waals surface area contributed by atoms with E-state index < -0.39 is 183 Å². The van der Waals surface area contributed by atoms with Gasteiger partial charge in [-0.1, -0.05) is 0 Å². The average molecular weight is 850 g/mol. The number of fused-ring (bicyclic) bond motifs is 20. The molecule has 8 nitrogen and oxygen atoms in total. The van der Waals surface area contributed by atoms with Gasteiger partial charge in [-0.3, -0.25) is 0 Å². The fourth-order valence-corrected chi connectivity index (χ4v) is 6.24. The number of rotatable bonds is 0. The molecule has 0 atom stereocenters. The van der Waals surface area contributed by atoms with Crippen molar-refractivity contribution in [2.24, 2.45) is 0 Å². The van der Waals surface area contributed by atoms with E-state index in [2.05, 4.69) is 29.9 Å². The molecule has 0 saturated carbocycles. The fraction of sp³-hybridized carbons (Fsp3) is 0. The second-order valence-corrected chi connectivity index (χ2v) is 11.6. The number of hydrogen-bond donors (Lipinski definition) is 2. The molecule has 25 heteroatoms. The van der Waals surface area contributed by atoms with E-state index in [-0.39, 0.29) is 21.7 Å². The van der Waals surface area contributed by atoms with Gasteiger partial charge in [0.05, 0.1) is 43.8 Å². The van der Waals surface area contributed by atoms with Crippen LogP contribution in [0.2, 0.25) is 0 Å². The van der Waals surface area contributed by atoms with Crippen molar-refractivity contribution in [3.05, 3.63) is 93.1 Å². The van der Waals surface area contributed by atoms with Crippen LogP contribution in [-0.2, 0) is 21.7 Å². The summed E-state index contributed by atoms with van der Waals surface area (Å²) in [6.45, 7) is 0. The van der Waals surface area contributed by atoms with Crippen molar-refractivity contribution in [2.45, 2.75) is 0 Å². The van der Waals surface area contributed by atoms with Crippen LogP contribution in [0.15, 0.2) is 0 Å². The molecular weight excluding hydrogens is 848 g/mol. The Bertz CT molecular complexity index is 2820. The molecule has 7 aromatic rings. The van der Waals surface area contributed by atoms with Crippen molar-refractivity contribution < 1.29 is 92.0 Å². The van der Waals surface area contributed by atoms with Crippen LogP contribution in [0.25, 0.3) is 89.7 Å². The molecule has 286 valence electrons. The van der Waals surface area contributed by atoms with Gasteiger partial charge in [-0.05, 0) is 0 Å². The maximum Gasteiger partial charge on any atom is 0.198 e. The molecule has 0 amide bonds. The van der Waals surface area contributed by atoms with Gasteiger partial charge in [0.25, 0.3) is 0 Å². The Morgan fingerprint density at radius 1 is 0.228 bits per heavy atom. The van der Waals surface area contributed by atoms with E-state index >= 15 is 35.1 Å². The molecular formula is C32H2F16N8Ti. The molecule has 0 spiro atoms. The Morgan fingerprint density at radius 3 is 0.596 bits per heavy atom. The van der Waals surface area contributed by atoms with E-state index in [1.165, 1.54) is 0 Å². The summed E-state index contributed by atoms with van der Waals surface area (Å²) in [6, 6.07) is 0. The SMILES string of the molecule is Fc1c(F)c(F)c2c(c1F)-c1nc-2nc2[nH]c(nc3nc(nc4[nH]c(n1)c1c(F)c(F)c(F)c(F)c41)-c1c(F)c(F)c(F)c(F)c1-3)c1c(F)c(F)c(F)c(F)c21.[Ti]. The Hall–Kier alpha value is -6.17. The standard InChI is InChI=1S/C32H2F16N8.Ti/c33-9-1-2(10(34)18(42)17(9)41)26-49-25(1)53-27-3-4(12(36)20(44)19(43)11(3)35)29(50-27)55-31-7-8(16(40)24(48)23(47)15(7)39)32(52-31)56-30-6-5(28(51-30)54-26)13(37)21(45)22(46)14(6)38;/h(H2,49,50,51,52,53,54,55,56);. The summed E-state index contributed by atoms with van der Waals surface area (Å²) in [5.41, 5.74) is -11.1. The number of aromatic amines is 2. The summed E-state index contributed by atoms with van der Waals surface area (Å²) in [5, 5.41) is -5.83. The quantitative estimate of drug-likeness (QED) is 0.0683. The molecule has 5 heterocycles. The van der Waals surface area contributed by atoms with Crippen molar-refractivity contribution >= 4 is 44.1 Å². The Morgan fingerprint density at radius 2 is 0.404 bits per heavy atom. The Balaban J connectivity index is 0.00000455. The monoisotopic (exact) mass is 850 g/mol. The maximum absolute atomic E-state index is 15.4. The van der Waals surface area contributed by atoms with E-state index in [0.29, 0.717) is 0 Å². The van der Waals surface area contributed by atoms with E-state index in [0.717, 1.165) is 0 Å². The summed E-state index contributed by atoms with van der Waals surface area (Å²) in [6.07, 6.45) is 0. The molecule has 2 aliphatic rings. The van der Waals surface area contributed by atoms with E-state index in [4.69, 9.17) is 0 Å². The average Bonchev–Trinajstić information content (AvgIpc) is 3.92. The molecule has 2 N–H and O–H groups in total. The van der Waals surface area contributed by atoms with Gasteiger partial charge in [0.2, 0.25) is 0 Å². The molecule has 4 aromatic carbocycles. The van der Waals surface area contributed by atoms with E-state index in [9.17, 15) is 35.1 Å². The van der Waals surface area contributed by atoms with Gasteiger partial charge in [-0.15, -0.1) is 0 Å². The molecule has 9 rings (SSSR count). The third kappa shape index (κ3) is 4.82. The zero-order valence-corrected chi connectivity index (χ0v) is 27.8. The summed E-state index contributed by atoms with van der Waals surface area (Å²) in [5.74, 6) is -44.2. The number of nitrogens with one attached hydrogen (secondary N) is 2. The summed E-state index contributed by atoms with van der Waals surface area (Å²) < 4.78 is 240. The minimum absolute atomic E-state index is 0. The summed E-state index contributed by atoms with van der Waals surface area (Å²) in [7, 11) is 0.